The Morgan fingerprint density at radius 2 is 1.69 bits per heavy atom. The standard InChI is InChI=1S/C20H23NO4S/c1-20(2,3)26(25)13-15-5-4-6-17(11-15)21-18(22)12-14-7-9-16(10-8-14)19(23)24/h4-11H,12-13H2,1-3H3,(H,21,22)(H,23,24). The van der Waals surface area contributed by atoms with Crippen LogP contribution in [0, 0.1) is 0 Å². The number of carboxylic acid groups (broad SMARTS) is 1. The third-order valence-electron chi connectivity index (χ3n) is 3.76. The van der Waals surface area contributed by atoms with Crippen molar-refractivity contribution in [2.75, 3.05) is 5.32 Å². The molecule has 0 bridgehead atoms. The van der Waals surface area contributed by atoms with Crippen LogP contribution in [0.15, 0.2) is 48.5 Å². The average molecular weight is 373 g/mol. The Labute approximate surface area is 155 Å². The van der Waals surface area contributed by atoms with Crippen LogP contribution >= 0.6 is 0 Å². The zero-order valence-electron chi connectivity index (χ0n) is 15.1. The summed E-state index contributed by atoms with van der Waals surface area (Å²) in [6, 6.07) is 13.6. The minimum atomic E-state index is -1.01. The molecular weight excluding hydrogens is 350 g/mol. The van der Waals surface area contributed by atoms with Crippen LogP contribution in [0.2, 0.25) is 0 Å². The molecule has 2 aromatic rings. The Balaban J connectivity index is 1.99. The van der Waals surface area contributed by atoms with Gasteiger partial charge in [-0.2, -0.15) is 0 Å². The lowest BCUT2D eigenvalue weighted by Gasteiger charge is -2.18. The highest BCUT2D eigenvalue weighted by Crippen LogP contribution is 2.19. The van der Waals surface area contributed by atoms with Crippen molar-refractivity contribution >= 4 is 28.4 Å². The van der Waals surface area contributed by atoms with Crippen LogP contribution in [-0.2, 0) is 27.8 Å². The summed E-state index contributed by atoms with van der Waals surface area (Å²) in [6.45, 7) is 5.80. The number of benzene rings is 2. The van der Waals surface area contributed by atoms with Crippen molar-refractivity contribution in [3.63, 3.8) is 0 Å². The molecule has 0 aromatic heterocycles. The van der Waals surface area contributed by atoms with Crippen LogP contribution in [0.5, 0.6) is 0 Å². The molecule has 0 saturated carbocycles. The maximum atomic E-state index is 12.3. The first kappa shape index (κ1) is 19.8. The SMILES string of the molecule is CC(C)(C)S(=O)Cc1cccc(NC(=O)Cc2ccc(C(=O)O)cc2)c1. The van der Waals surface area contributed by atoms with Gasteiger partial charge in [-0.1, -0.05) is 24.3 Å². The number of amides is 1. The molecule has 0 radical (unpaired) electrons. The molecule has 2 rings (SSSR count). The molecule has 1 unspecified atom stereocenters. The molecule has 138 valence electrons. The largest absolute Gasteiger partial charge is 0.478 e. The van der Waals surface area contributed by atoms with E-state index < -0.39 is 16.8 Å². The first-order chi connectivity index (χ1) is 12.1. The van der Waals surface area contributed by atoms with Crippen molar-refractivity contribution in [1.82, 2.24) is 0 Å². The summed E-state index contributed by atoms with van der Waals surface area (Å²) in [6.07, 6.45) is 0.151. The number of carbonyl (C=O) groups excluding carboxylic acids is 1. The van der Waals surface area contributed by atoms with E-state index in [0.717, 1.165) is 11.1 Å². The van der Waals surface area contributed by atoms with Gasteiger partial charge in [0.1, 0.15) is 0 Å². The molecule has 2 aromatic carbocycles. The summed E-state index contributed by atoms with van der Waals surface area (Å²) in [5, 5.41) is 11.7. The van der Waals surface area contributed by atoms with E-state index in [1.807, 2.05) is 39.0 Å². The van der Waals surface area contributed by atoms with E-state index in [1.165, 1.54) is 12.1 Å². The lowest BCUT2D eigenvalue weighted by atomic mass is 10.1. The summed E-state index contributed by atoms with van der Waals surface area (Å²) in [4.78, 5) is 23.1. The lowest BCUT2D eigenvalue weighted by Crippen LogP contribution is -2.23. The fourth-order valence-electron chi connectivity index (χ4n) is 2.26. The van der Waals surface area contributed by atoms with Gasteiger partial charge in [0.2, 0.25) is 5.91 Å². The first-order valence-electron chi connectivity index (χ1n) is 8.24. The Morgan fingerprint density at radius 3 is 2.27 bits per heavy atom. The van der Waals surface area contributed by atoms with Crippen LogP contribution in [0.25, 0.3) is 0 Å². The van der Waals surface area contributed by atoms with Crippen LogP contribution in [0.4, 0.5) is 5.69 Å². The molecule has 0 aliphatic carbocycles. The van der Waals surface area contributed by atoms with E-state index in [4.69, 9.17) is 5.11 Å². The van der Waals surface area contributed by atoms with Gasteiger partial charge in [-0.15, -0.1) is 0 Å². The summed E-state index contributed by atoms with van der Waals surface area (Å²) in [7, 11) is -1.01. The molecule has 0 heterocycles. The quantitative estimate of drug-likeness (QED) is 0.810. The highest BCUT2D eigenvalue weighted by atomic mass is 32.2. The van der Waals surface area contributed by atoms with E-state index in [0.29, 0.717) is 11.4 Å². The van der Waals surface area contributed by atoms with Gasteiger partial charge in [0.05, 0.1) is 12.0 Å². The summed E-state index contributed by atoms with van der Waals surface area (Å²) in [5.74, 6) is -0.753. The third-order valence-corrected chi connectivity index (χ3v) is 5.72. The Hall–Kier alpha value is -2.47. The minimum absolute atomic E-state index is 0.151. The zero-order chi connectivity index (χ0) is 19.3. The van der Waals surface area contributed by atoms with Gasteiger partial charge >= 0.3 is 5.97 Å². The summed E-state index contributed by atoms with van der Waals surface area (Å²) < 4.78 is 12.0. The number of aromatic carboxylic acids is 1. The van der Waals surface area contributed by atoms with E-state index in [9.17, 15) is 13.8 Å². The number of anilines is 1. The second kappa shape index (κ2) is 8.27. The molecule has 0 aliphatic rings. The topological polar surface area (TPSA) is 83.5 Å². The summed E-state index contributed by atoms with van der Waals surface area (Å²) >= 11 is 0. The molecule has 0 aliphatic heterocycles. The molecule has 2 N–H and O–H groups in total. The Morgan fingerprint density at radius 1 is 1.04 bits per heavy atom. The Kier molecular flexibility index (Phi) is 6.32. The van der Waals surface area contributed by atoms with E-state index in [1.54, 1.807) is 18.2 Å². The molecule has 1 atom stereocenters. The normalized spacial score (nSPS) is 12.4. The van der Waals surface area contributed by atoms with Gasteiger partial charge in [0, 0.05) is 27.0 Å². The average Bonchev–Trinajstić information content (AvgIpc) is 2.54. The molecule has 0 spiro atoms. The molecule has 6 heteroatoms. The predicted molar refractivity (Wildman–Crippen MR) is 104 cm³/mol. The molecular formula is C20H23NO4S. The van der Waals surface area contributed by atoms with Crippen molar-refractivity contribution in [1.29, 1.82) is 0 Å². The van der Waals surface area contributed by atoms with E-state index in [2.05, 4.69) is 5.32 Å². The fourth-order valence-corrected chi connectivity index (χ4v) is 3.18. The lowest BCUT2D eigenvalue weighted by molar-refractivity contribution is -0.115. The maximum Gasteiger partial charge on any atom is 0.335 e. The number of hydrogen-bond donors (Lipinski definition) is 2. The number of hydrogen-bond acceptors (Lipinski definition) is 3. The van der Waals surface area contributed by atoms with Gasteiger partial charge in [-0.3, -0.25) is 9.00 Å². The molecule has 26 heavy (non-hydrogen) atoms. The van der Waals surface area contributed by atoms with E-state index in [-0.39, 0.29) is 22.6 Å². The monoisotopic (exact) mass is 373 g/mol. The van der Waals surface area contributed by atoms with E-state index >= 15 is 0 Å². The number of carboxylic acids is 1. The van der Waals surface area contributed by atoms with Crippen molar-refractivity contribution in [2.45, 2.75) is 37.7 Å². The maximum absolute atomic E-state index is 12.3. The molecule has 5 nitrogen and oxygen atoms in total. The van der Waals surface area contributed by atoms with Crippen LogP contribution in [0.3, 0.4) is 0 Å². The van der Waals surface area contributed by atoms with Crippen LogP contribution in [-0.4, -0.2) is 25.9 Å². The number of nitrogens with one attached hydrogen (secondary N) is 1. The zero-order valence-corrected chi connectivity index (χ0v) is 15.9. The van der Waals surface area contributed by atoms with Crippen LogP contribution < -0.4 is 5.32 Å². The smallest absolute Gasteiger partial charge is 0.335 e. The molecule has 0 fully saturated rings. The highest BCUT2D eigenvalue weighted by Gasteiger charge is 2.19. The van der Waals surface area contributed by atoms with Gasteiger partial charge in [0.25, 0.3) is 0 Å². The molecule has 0 saturated heterocycles. The first-order valence-corrected chi connectivity index (χ1v) is 9.56. The second-order valence-corrected chi connectivity index (χ2v) is 9.23. The summed E-state index contributed by atoms with van der Waals surface area (Å²) in [5.41, 5.74) is 2.48. The highest BCUT2D eigenvalue weighted by molar-refractivity contribution is 7.85. The van der Waals surface area contributed by atoms with Crippen molar-refractivity contribution in [3.05, 3.63) is 65.2 Å². The second-order valence-electron chi connectivity index (χ2n) is 7.03. The van der Waals surface area contributed by atoms with Gasteiger partial charge < -0.3 is 10.4 Å². The van der Waals surface area contributed by atoms with Gasteiger partial charge in [-0.25, -0.2) is 4.79 Å². The minimum Gasteiger partial charge on any atom is -0.478 e. The van der Waals surface area contributed by atoms with Gasteiger partial charge in [0.15, 0.2) is 0 Å². The third kappa shape index (κ3) is 5.81. The fraction of sp³-hybridized carbons (Fsp3) is 0.300. The van der Waals surface area contributed by atoms with Crippen molar-refractivity contribution < 1.29 is 18.9 Å². The van der Waals surface area contributed by atoms with Gasteiger partial charge in [-0.05, 0) is 56.2 Å². The number of carbonyl (C=O) groups is 2. The Bertz CT molecular complexity index is 822. The number of rotatable bonds is 6. The molecule has 1 amide bonds. The van der Waals surface area contributed by atoms with Crippen molar-refractivity contribution in [3.8, 4) is 0 Å². The van der Waals surface area contributed by atoms with Crippen molar-refractivity contribution in [2.24, 2.45) is 0 Å². The predicted octanol–water partition coefficient (Wildman–Crippen LogP) is 3.61. The van der Waals surface area contributed by atoms with Crippen LogP contribution in [0.1, 0.15) is 42.3 Å².